The van der Waals surface area contributed by atoms with Crippen molar-refractivity contribution in [2.75, 3.05) is 38.2 Å². The molecule has 5 rings (SSSR count). The minimum Gasteiger partial charge on any atom is -0.482 e. The molecule has 0 saturated carbocycles. The Kier molecular flexibility index (Phi) is 5.02. The summed E-state index contributed by atoms with van der Waals surface area (Å²) in [4.78, 5) is 32.3. The van der Waals surface area contributed by atoms with Gasteiger partial charge in [-0.25, -0.2) is 4.98 Å². The van der Waals surface area contributed by atoms with Crippen molar-refractivity contribution in [3.8, 4) is 5.75 Å². The first-order valence-corrected chi connectivity index (χ1v) is 10.5. The van der Waals surface area contributed by atoms with Gasteiger partial charge in [0.05, 0.1) is 30.0 Å². The number of aromatic nitrogens is 1. The second-order valence-corrected chi connectivity index (χ2v) is 8.12. The molecule has 2 aliphatic rings. The Balaban J connectivity index is 1.50. The summed E-state index contributed by atoms with van der Waals surface area (Å²) in [6.07, 6.45) is 0. The Bertz CT molecular complexity index is 1140. The zero-order chi connectivity index (χ0) is 20.5. The normalized spacial score (nSPS) is 16.0. The maximum absolute atomic E-state index is 13.2. The van der Waals surface area contributed by atoms with Crippen LogP contribution >= 0.6 is 11.8 Å². The van der Waals surface area contributed by atoms with Gasteiger partial charge >= 0.3 is 0 Å². The van der Waals surface area contributed by atoms with Crippen LogP contribution in [0.5, 0.6) is 5.75 Å². The fraction of sp³-hybridized carbons (Fsp3) is 0.227. The van der Waals surface area contributed by atoms with E-state index in [1.807, 2.05) is 53.4 Å². The number of amides is 2. The van der Waals surface area contributed by atoms with E-state index in [0.717, 1.165) is 15.8 Å². The van der Waals surface area contributed by atoms with Crippen LogP contribution < -0.4 is 10.1 Å². The molecule has 1 saturated heterocycles. The third kappa shape index (κ3) is 3.71. The number of morpholine rings is 1. The Morgan fingerprint density at radius 2 is 1.93 bits per heavy atom. The number of fused-ring (bicyclic) bond motifs is 2. The molecule has 3 aromatic rings. The first kappa shape index (κ1) is 18.9. The highest BCUT2D eigenvalue weighted by Gasteiger charge is 2.22. The average Bonchev–Trinajstić information content (AvgIpc) is 2.78. The minimum atomic E-state index is -0.174. The molecule has 3 heterocycles. The number of anilines is 1. The molecule has 0 unspecified atom stereocenters. The molecule has 0 atom stereocenters. The van der Waals surface area contributed by atoms with Gasteiger partial charge in [-0.05, 0) is 30.3 Å². The molecule has 2 aliphatic heterocycles. The zero-order valence-electron chi connectivity index (χ0n) is 16.1. The molecule has 2 amide bonds. The lowest BCUT2D eigenvalue weighted by molar-refractivity contribution is -0.118. The second kappa shape index (κ2) is 7.97. The Morgan fingerprint density at radius 1 is 1.10 bits per heavy atom. The lowest BCUT2D eigenvalue weighted by Crippen LogP contribution is -2.40. The van der Waals surface area contributed by atoms with Gasteiger partial charge in [0.15, 0.2) is 6.61 Å². The monoisotopic (exact) mass is 421 g/mol. The Labute approximate surface area is 177 Å². The lowest BCUT2D eigenvalue weighted by atomic mass is 10.1. The zero-order valence-corrected chi connectivity index (χ0v) is 16.9. The first-order valence-electron chi connectivity index (χ1n) is 9.69. The Hall–Kier alpha value is -3.10. The van der Waals surface area contributed by atoms with E-state index in [2.05, 4.69) is 5.32 Å². The smallest absolute Gasteiger partial charge is 0.262 e. The number of rotatable bonds is 3. The molecule has 30 heavy (non-hydrogen) atoms. The van der Waals surface area contributed by atoms with E-state index in [0.29, 0.717) is 48.3 Å². The SMILES string of the molecule is O=C1COc2ccc(Sc3cc(C(=O)N4CCOCC4)c4ccccc4n3)cc2N1. The van der Waals surface area contributed by atoms with Gasteiger partial charge in [0, 0.05) is 23.4 Å². The largest absolute Gasteiger partial charge is 0.482 e. The summed E-state index contributed by atoms with van der Waals surface area (Å²) >= 11 is 1.44. The number of nitrogens with zero attached hydrogens (tertiary/aromatic N) is 2. The first-order chi connectivity index (χ1) is 14.7. The van der Waals surface area contributed by atoms with Crippen molar-refractivity contribution in [2.24, 2.45) is 0 Å². The minimum absolute atomic E-state index is 0.00939. The van der Waals surface area contributed by atoms with Gasteiger partial charge in [0.1, 0.15) is 10.8 Å². The van der Waals surface area contributed by atoms with Gasteiger partial charge in [0.25, 0.3) is 11.8 Å². The van der Waals surface area contributed by atoms with Crippen LogP contribution in [0.4, 0.5) is 5.69 Å². The standard InChI is InChI=1S/C22H19N3O4S/c26-20-13-29-19-6-5-14(11-18(19)23-20)30-21-12-16(15-3-1-2-4-17(15)24-21)22(27)25-7-9-28-10-8-25/h1-6,11-12H,7-10,13H2,(H,23,26). The van der Waals surface area contributed by atoms with Crippen LogP contribution in [0.25, 0.3) is 10.9 Å². The third-order valence-electron chi connectivity index (χ3n) is 5.03. The fourth-order valence-corrected chi connectivity index (χ4v) is 4.44. The van der Waals surface area contributed by atoms with Gasteiger partial charge in [-0.3, -0.25) is 9.59 Å². The molecule has 1 fully saturated rings. The number of benzene rings is 2. The van der Waals surface area contributed by atoms with Crippen molar-refractivity contribution in [1.29, 1.82) is 0 Å². The van der Waals surface area contributed by atoms with Crippen LogP contribution in [-0.4, -0.2) is 54.6 Å². The molecule has 0 radical (unpaired) electrons. The molecular weight excluding hydrogens is 402 g/mol. The highest BCUT2D eigenvalue weighted by atomic mass is 32.2. The number of hydrogen-bond donors (Lipinski definition) is 1. The molecule has 1 aromatic heterocycles. The summed E-state index contributed by atoms with van der Waals surface area (Å²) in [6, 6.07) is 15.1. The summed E-state index contributed by atoms with van der Waals surface area (Å²) in [5, 5.41) is 4.37. The van der Waals surface area contributed by atoms with E-state index >= 15 is 0 Å². The van der Waals surface area contributed by atoms with Crippen molar-refractivity contribution in [3.05, 3.63) is 54.1 Å². The van der Waals surface area contributed by atoms with E-state index in [-0.39, 0.29) is 18.4 Å². The van der Waals surface area contributed by atoms with Gasteiger partial charge in [0.2, 0.25) is 0 Å². The molecule has 0 spiro atoms. The van der Waals surface area contributed by atoms with Crippen LogP contribution in [0.2, 0.25) is 0 Å². The molecule has 2 aromatic carbocycles. The van der Waals surface area contributed by atoms with E-state index in [1.165, 1.54) is 11.8 Å². The van der Waals surface area contributed by atoms with Crippen LogP contribution in [0.3, 0.4) is 0 Å². The molecule has 0 bridgehead atoms. The van der Waals surface area contributed by atoms with Gasteiger partial charge in [-0.2, -0.15) is 0 Å². The summed E-state index contributed by atoms with van der Waals surface area (Å²) in [5.74, 6) is 0.463. The van der Waals surface area contributed by atoms with Gasteiger partial charge in [-0.1, -0.05) is 30.0 Å². The van der Waals surface area contributed by atoms with Crippen molar-refractivity contribution in [3.63, 3.8) is 0 Å². The number of carbonyl (C=O) groups excluding carboxylic acids is 2. The molecule has 152 valence electrons. The number of hydrogen-bond acceptors (Lipinski definition) is 6. The summed E-state index contributed by atoms with van der Waals surface area (Å²) in [7, 11) is 0. The number of nitrogens with one attached hydrogen (secondary N) is 1. The molecule has 0 aliphatic carbocycles. The average molecular weight is 421 g/mol. The number of pyridine rings is 1. The lowest BCUT2D eigenvalue weighted by Gasteiger charge is -2.27. The summed E-state index contributed by atoms with van der Waals surface area (Å²) in [5.41, 5.74) is 2.05. The highest BCUT2D eigenvalue weighted by molar-refractivity contribution is 7.99. The van der Waals surface area contributed by atoms with E-state index in [1.54, 1.807) is 0 Å². The third-order valence-corrected chi connectivity index (χ3v) is 5.94. The predicted molar refractivity (Wildman–Crippen MR) is 113 cm³/mol. The fourth-order valence-electron chi connectivity index (χ4n) is 3.56. The quantitative estimate of drug-likeness (QED) is 0.700. The van der Waals surface area contributed by atoms with E-state index in [9.17, 15) is 9.59 Å². The maximum Gasteiger partial charge on any atom is 0.262 e. The maximum atomic E-state index is 13.2. The van der Waals surface area contributed by atoms with E-state index < -0.39 is 0 Å². The number of para-hydroxylation sites is 1. The van der Waals surface area contributed by atoms with Gasteiger partial charge < -0.3 is 19.7 Å². The Morgan fingerprint density at radius 3 is 2.80 bits per heavy atom. The predicted octanol–water partition coefficient (Wildman–Crippen LogP) is 3.19. The van der Waals surface area contributed by atoms with Crippen LogP contribution in [0.1, 0.15) is 10.4 Å². The van der Waals surface area contributed by atoms with Crippen molar-refractivity contribution < 1.29 is 19.1 Å². The highest BCUT2D eigenvalue weighted by Crippen LogP contribution is 2.36. The molecule has 7 nitrogen and oxygen atoms in total. The van der Waals surface area contributed by atoms with E-state index in [4.69, 9.17) is 14.5 Å². The van der Waals surface area contributed by atoms with Crippen LogP contribution in [0, 0.1) is 0 Å². The van der Waals surface area contributed by atoms with Gasteiger partial charge in [-0.15, -0.1) is 0 Å². The topological polar surface area (TPSA) is 80.8 Å². The summed E-state index contributed by atoms with van der Waals surface area (Å²) in [6.45, 7) is 2.31. The van der Waals surface area contributed by atoms with Crippen molar-refractivity contribution >= 4 is 40.2 Å². The van der Waals surface area contributed by atoms with Crippen LogP contribution in [-0.2, 0) is 9.53 Å². The van der Waals surface area contributed by atoms with Crippen molar-refractivity contribution in [2.45, 2.75) is 9.92 Å². The number of carbonyl (C=O) groups is 2. The molecule has 8 heteroatoms. The second-order valence-electron chi connectivity index (χ2n) is 7.03. The van der Waals surface area contributed by atoms with Crippen molar-refractivity contribution in [1.82, 2.24) is 9.88 Å². The van der Waals surface area contributed by atoms with Crippen LogP contribution in [0.15, 0.2) is 58.5 Å². The molecular formula is C22H19N3O4S. The number of ether oxygens (including phenoxy) is 2. The molecule has 1 N–H and O–H groups in total. The summed E-state index contributed by atoms with van der Waals surface area (Å²) < 4.78 is 10.8.